The highest BCUT2D eigenvalue weighted by Crippen LogP contribution is 2.23. The first-order valence-corrected chi connectivity index (χ1v) is 9.58. The van der Waals surface area contributed by atoms with Crippen molar-refractivity contribution in [3.05, 3.63) is 47.9 Å². The molecule has 0 saturated carbocycles. The first-order chi connectivity index (χ1) is 13.7. The Kier molecular flexibility index (Phi) is 5.48. The van der Waals surface area contributed by atoms with Gasteiger partial charge in [0.25, 0.3) is 0 Å². The molecule has 1 aliphatic heterocycles. The SMILES string of the molecule is CCc1ccc(CNC(=O)Cn2ncc3c(N4CCOCC4)ncnc32)cc1. The predicted octanol–water partition coefficient (Wildman–Crippen LogP) is 1.54. The average Bonchev–Trinajstić information content (AvgIpc) is 3.16. The molecule has 1 N–H and O–H groups in total. The van der Waals surface area contributed by atoms with Crippen molar-refractivity contribution in [1.82, 2.24) is 25.1 Å². The van der Waals surface area contributed by atoms with Crippen molar-refractivity contribution in [1.29, 1.82) is 0 Å². The molecule has 0 atom stereocenters. The lowest BCUT2D eigenvalue weighted by atomic mass is 10.1. The number of fused-ring (bicyclic) bond motifs is 1. The Labute approximate surface area is 163 Å². The molecule has 0 aliphatic carbocycles. The van der Waals surface area contributed by atoms with Crippen LogP contribution in [0.5, 0.6) is 0 Å². The molecule has 2 aromatic heterocycles. The first-order valence-electron chi connectivity index (χ1n) is 9.58. The molecule has 1 saturated heterocycles. The summed E-state index contributed by atoms with van der Waals surface area (Å²) in [6.07, 6.45) is 4.27. The van der Waals surface area contributed by atoms with Crippen molar-refractivity contribution in [2.45, 2.75) is 26.4 Å². The summed E-state index contributed by atoms with van der Waals surface area (Å²) in [4.78, 5) is 23.3. The molecule has 1 fully saturated rings. The molecule has 3 aromatic rings. The van der Waals surface area contributed by atoms with E-state index in [0.717, 1.165) is 36.3 Å². The number of carbonyl (C=O) groups is 1. The summed E-state index contributed by atoms with van der Waals surface area (Å²) >= 11 is 0. The molecule has 3 heterocycles. The van der Waals surface area contributed by atoms with Crippen molar-refractivity contribution >= 4 is 22.8 Å². The number of aromatic nitrogens is 4. The van der Waals surface area contributed by atoms with Crippen molar-refractivity contribution < 1.29 is 9.53 Å². The largest absolute Gasteiger partial charge is 0.378 e. The van der Waals surface area contributed by atoms with Gasteiger partial charge in [0, 0.05) is 19.6 Å². The van der Waals surface area contributed by atoms with Crippen LogP contribution in [-0.2, 0) is 29.0 Å². The second kappa shape index (κ2) is 8.35. The zero-order valence-corrected chi connectivity index (χ0v) is 16.0. The molecule has 1 aromatic carbocycles. The zero-order chi connectivity index (χ0) is 19.3. The summed E-state index contributed by atoms with van der Waals surface area (Å²) in [5, 5.41) is 8.17. The summed E-state index contributed by atoms with van der Waals surface area (Å²) in [5.41, 5.74) is 3.03. The number of benzene rings is 1. The number of morpholine rings is 1. The highest BCUT2D eigenvalue weighted by molar-refractivity contribution is 5.87. The van der Waals surface area contributed by atoms with Crippen molar-refractivity contribution in [3.8, 4) is 0 Å². The first kappa shape index (κ1) is 18.4. The number of aryl methyl sites for hydroxylation is 1. The van der Waals surface area contributed by atoms with Crippen LogP contribution in [0, 0.1) is 0 Å². The lowest BCUT2D eigenvalue weighted by molar-refractivity contribution is -0.121. The minimum absolute atomic E-state index is 0.101. The van der Waals surface area contributed by atoms with Crippen LogP contribution in [0.15, 0.2) is 36.8 Å². The Hall–Kier alpha value is -3.00. The molecule has 1 aliphatic rings. The molecule has 0 radical (unpaired) electrons. The number of nitrogens with one attached hydrogen (secondary N) is 1. The molecule has 0 unspecified atom stereocenters. The van der Waals surface area contributed by atoms with E-state index >= 15 is 0 Å². The van der Waals surface area contributed by atoms with E-state index in [1.165, 1.54) is 11.9 Å². The zero-order valence-electron chi connectivity index (χ0n) is 16.0. The van der Waals surface area contributed by atoms with Crippen LogP contribution < -0.4 is 10.2 Å². The Bertz CT molecular complexity index is 947. The van der Waals surface area contributed by atoms with Gasteiger partial charge in [-0.25, -0.2) is 14.6 Å². The molecule has 146 valence electrons. The molecular weight excluding hydrogens is 356 g/mol. The van der Waals surface area contributed by atoms with Crippen LogP contribution in [-0.4, -0.2) is 52.0 Å². The summed E-state index contributed by atoms with van der Waals surface area (Å²) in [7, 11) is 0. The van der Waals surface area contributed by atoms with Crippen LogP contribution in [0.1, 0.15) is 18.1 Å². The van der Waals surface area contributed by atoms with E-state index in [1.54, 1.807) is 10.9 Å². The van der Waals surface area contributed by atoms with Gasteiger partial charge >= 0.3 is 0 Å². The quantitative estimate of drug-likeness (QED) is 0.698. The van der Waals surface area contributed by atoms with Crippen molar-refractivity contribution in [2.24, 2.45) is 0 Å². The lowest BCUT2D eigenvalue weighted by Crippen LogP contribution is -2.36. The smallest absolute Gasteiger partial charge is 0.242 e. The normalized spacial score (nSPS) is 14.4. The maximum absolute atomic E-state index is 12.4. The van der Waals surface area contributed by atoms with Crippen LogP contribution in [0.3, 0.4) is 0 Å². The second-order valence-corrected chi connectivity index (χ2v) is 6.78. The topological polar surface area (TPSA) is 85.2 Å². The lowest BCUT2D eigenvalue weighted by Gasteiger charge is -2.27. The third-order valence-electron chi connectivity index (χ3n) is 4.94. The average molecular weight is 380 g/mol. The Morgan fingerprint density at radius 2 is 1.89 bits per heavy atom. The number of hydrogen-bond donors (Lipinski definition) is 1. The Balaban J connectivity index is 1.43. The van der Waals surface area contributed by atoms with Gasteiger partial charge in [-0.05, 0) is 17.5 Å². The van der Waals surface area contributed by atoms with E-state index in [-0.39, 0.29) is 12.5 Å². The number of carbonyl (C=O) groups excluding carboxylic acids is 1. The predicted molar refractivity (Wildman–Crippen MR) is 106 cm³/mol. The van der Waals surface area contributed by atoms with Gasteiger partial charge in [0.15, 0.2) is 5.65 Å². The fraction of sp³-hybridized carbons (Fsp3) is 0.400. The molecule has 4 rings (SSSR count). The monoisotopic (exact) mass is 380 g/mol. The van der Waals surface area contributed by atoms with E-state index < -0.39 is 0 Å². The van der Waals surface area contributed by atoms with Gasteiger partial charge in [0.2, 0.25) is 5.91 Å². The van der Waals surface area contributed by atoms with Crippen LogP contribution in [0.25, 0.3) is 11.0 Å². The second-order valence-electron chi connectivity index (χ2n) is 6.78. The van der Waals surface area contributed by atoms with E-state index in [0.29, 0.717) is 25.4 Å². The van der Waals surface area contributed by atoms with Crippen molar-refractivity contribution in [2.75, 3.05) is 31.2 Å². The van der Waals surface area contributed by atoms with E-state index in [1.807, 2.05) is 12.1 Å². The summed E-state index contributed by atoms with van der Waals surface area (Å²) in [6, 6.07) is 8.27. The van der Waals surface area contributed by atoms with Gasteiger partial charge in [-0.3, -0.25) is 4.79 Å². The number of amides is 1. The van der Waals surface area contributed by atoms with Gasteiger partial charge in [-0.15, -0.1) is 0 Å². The van der Waals surface area contributed by atoms with E-state index in [9.17, 15) is 4.79 Å². The van der Waals surface area contributed by atoms with Crippen molar-refractivity contribution in [3.63, 3.8) is 0 Å². The molecule has 8 nitrogen and oxygen atoms in total. The fourth-order valence-corrected chi connectivity index (χ4v) is 3.31. The van der Waals surface area contributed by atoms with Gasteiger partial charge in [0.05, 0.1) is 24.8 Å². The van der Waals surface area contributed by atoms with E-state index in [2.05, 4.69) is 44.3 Å². The molecule has 0 bridgehead atoms. The molecular formula is C20H24N6O2. The highest BCUT2D eigenvalue weighted by atomic mass is 16.5. The van der Waals surface area contributed by atoms with Gasteiger partial charge in [-0.2, -0.15) is 5.10 Å². The number of hydrogen-bond acceptors (Lipinski definition) is 6. The minimum atomic E-state index is -0.101. The third kappa shape index (κ3) is 3.96. The maximum atomic E-state index is 12.4. The third-order valence-corrected chi connectivity index (χ3v) is 4.94. The highest BCUT2D eigenvalue weighted by Gasteiger charge is 2.18. The van der Waals surface area contributed by atoms with Crippen LogP contribution in [0.4, 0.5) is 5.82 Å². The van der Waals surface area contributed by atoms with E-state index in [4.69, 9.17) is 4.74 Å². The number of anilines is 1. The molecule has 8 heteroatoms. The van der Waals surface area contributed by atoms with Gasteiger partial charge < -0.3 is 15.0 Å². The summed E-state index contributed by atoms with van der Waals surface area (Å²) < 4.78 is 7.03. The summed E-state index contributed by atoms with van der Waals surface area (Å²) in [5.74, 6) is 0.743. The molecule has 1 amide bonds. The van der Waals surface area contributed by atoms with Crippen LogP contribution >= 0.6 is 0 Å². The fourth-order valence-electron chi connectivity index (χ4n) is 3.31. The van der Waals surface area contributed by atoms with Gasteiger partial charge in [0.1, 0.15) is 18.7 Å². The number of nitrogens with zero attached hydrogens (tertiary/aromatic N) is 5. The number of rotatable bonds is 6. The Morgan fingerprint density at radius 1 is 1.14 bits per heavy atom. The van der Waals surface area contributed by atoms with Crippen LogP contribution in [0.2, 0.25) is 0 Å². The summed E-state index contributed by atoms with van der Waals surface area (Å²) in [6.45, 7) is 5.68. The standard InChI is InChI=1S/C20H24N6O2/c1-2-15-3-5-16(6-4-15)11-21-18(27)13-26-20-17(12-24-26)19(22-14-23-20)25-7-9-28-10-8-25/h3-6,12,14H,2,7-11,13H2,1H3,(H,21,27). The number of ether oxygens (including phenoxy) is 1. The Morgan fingerprint density at radius 3 is 2.64 bits per heavy atom. The molecule has 28 heavy (non-hydrogen) atoms. The maximum Gasteiger partial charge on any atom is 0.242 e. The van der Waals surface area contributed by atoms with Gasteiger partial charge in [-0.1, -0.05) is 31.2 Å². The minimum Gasteiger partial charge on any atom is -0.378 e. The molecule has 0 spiro atoms.